The molecule has 0 aromatic carbocycles. The van der Waals surface area contributed by atoms with Crippen molar-refractivity contribution >= 4 is 28.2 Å². The van der Waals surface area contributed by atoms with Gasteiger partial charge in [-0.05, 0) is 69.6 Å². The molecule has 0 atom stereocenters. The van der Waals surface area contributed by atoms with Gasteiger partial charge in [-0.1, -0.05) is 5.57 Å². The molecule has 0 radical (unpaired) electrons. The largest absolute Gasteiger partial charge is 0.385 e. The van der Waals surface area contributed by atoms with Crippen LogP contribution in [0.15, 0.2) is 39.2 Å². The summed E-state index contributed by atoms with van der Waals surface area (Å²) in [5.41, 5.74) is 5.90. The molecule has 3 rings (SSSR count). The quantitative estimate of drug-likeness (QED) is 0.708. The van der Waals surface area contributed by atoms with E-state index in [0.717, 1.165) is 19.6 Å². The first kappa shape index (κ1) is 15.9. The molecule has 1 fully saturated rings. The van der Waals surface area contributed by atoms with Crippen molar-refractivity contribution in [3.8, 4) is 0 Å². The summed E-state index contributed by atoms with van der Waals surface area (Å²) in [6, 6.07) is 4.52. The average Bonchev–Trinajstić information content (AvgIpc) is 3.24. The van der Waals surface area contributed by atoms with E-state index < -0.39 is 0 Å². The Balaban J connectivity index is 1.73. The zero-order chi connectivity index (χ0) is 15.2. The van der Waals surface area contributed by atoms with Gasteiger partial charge in [0.05, 0.1) is 0 Å². The second-order valence-electron chi connectivity index (χ2n) is 5.69. The fraction of sp³-hybridized carbons (Fsp3) is 0.444. The lowest BCUT2D eigenvalue weighted by Gasteiger charge is -2.29. The fourth-order valence-electron chi connectivity index (χ4n) is 3.12. The van der Waals surface area contributed by atoms with Crippen LogP contribution in [-0.4, -0.2) is 38.3 Å². The van der Waals surface area contributed by atoms with Crippen LogP contribution < -0.4 is 0 Å². The third kappa shape index (κ3) is 3.87. The number of piperidine rings is 1. The molecule has 2 aromatic heterocycles. The minimum atomic E-state index is 0.869. The Bertz CT molecular complexity index is 540. The van der Waals surface area contributed by atoms with Crippen molar-refractivity contribution in [3.05, 3.63) is 50.4 Å². The fourth-order valence-corrected chi connectivity index (χ4v) is 4.41. The van der Waals surface area contributed by atoms with Gasteiger partial charge in [0.15, 0.2) is 0 Å². The van der Waals surface area contributed by atoms with E-state index in [1.807, 2.05) is 0 Å². The molecule has 1 aliphatic heterocycles. The van der Waals surface area contributed by atoms with Crippen LogP contribution in [-0.2, 0) is 4.74 Å². The maximum atomic E-state index is 5.16. The summed E-state index contributed by atoms with van der Waals surface area (Å²) in [7, 11) is 1.78. The van der Waals surface area contributed by atoms with E-state index in [2.05, 4.69) is 38.6 Å². The predicted molar refractivity (Wildman–Crippen MR) is 96.8 cm³/mol. The Morgan fingerprint density at radius 3 is 2.23 bits per heavy atom. The highest BCUT2D eigenvalue weighted by molar-refractivity contribution is 7.08. The lowest BCUT2D eigenvalue weighted by molar-refractivity contribution is 0.168. The molecule has 0 bridgehead atoms. The third-order valence-corrected chi connectivity index (χ3v) is 5.62. The van der Waals surface area contributed by atoms with Crippen molar-refractivity contribution in [2.45, 2.75) is 19.3 Å². The number of nitrogens with zero attached hydrogens (tertiary/aromatic N) is 1. The van der Waals surface area contributed by atoms with Gasteiger partial charge in [0, 0.05) is 33.4 Å². The van der Waals surface area contributed by atoms with Crippen LogP contribution in [0.25, 0.3) is 5.57 Å². The van der Waals surface area contributed by atoms with Gasteiger partial charge >= 0.3 is 0 Å². The van der Waals surface area contributed by atoms with Gasteiger partial charge in [-0.3, -0.25) is 0 Å². The number of rotatable bonds is 6. The second kappa shape index (κ2) is 8.06. The second-order valence-corrected chi connectivity index (χ2v) is 7.25. The molecule has 2 aromatic rings. The Kier molecular flexibility index (Phi) is 5.84. The minimum absolute atomic E-state index is 0.869. The molecule has 3 heterocycles. The highest BCUT2D eigenvalue weighted by Gasteiger charge is 2.19. The Morgan fingerprint density at radius 1 is 1.09 bits per heavy atom. The van der Waals surface area contributed by atoms with E-state index in [9.17, 15) is 0 Å². The summed E-state index contributed by atoms with van der Waals surface area (Å²) in [4.78, 5) is 2.57. The van der Waals surface area contributed by atoms with Crippen molar-refractivity contribution in [3.63, 3.8) is 0 Å². The Hall–Kier alpha value is -0.940. The molecule has 2 nitrogen and oxygen atoms in total. The maximum Gasteiger partial charge on any atom is 0.0474 e. The smallest absolute Gasteiger partial charge is 0.0474 e. The topological polar surface area (TPSA) is 12.5 Å². The van der Waals surface area contributed by atoms with Crippen LogP contribution >= 0.6 is 22.7 Å². The zero-order valence-corrected chi connectivity index (χ0v) is 14.7. The molecule has 0 N–H and O–H groups in total. The highest BCUT2D eigenvalue weighted by atomic mass is 32.1. The summed E-state index contributed by atoms with van der Waals surface area (Å²) in [5.74, 6) is 0. The van der Waals surface area contributed by atoms with E-state index in [1.165, 1.54) is 42.6 Å². The van der Waals surface area contributed by atoms with Crippen LogP contribution in [0.5, 0.6) is 0 Å². The van der Waals surface area contributed by atoms with Crippen LogP contribution in [0.1, 0.15) is 30.4 Å². The van der Waals surface area contributed by atoms with E-state index >= 15 is 0 Å². The van der Waals surface area contributed by atoms with Crippen molar-refractivity contribution in [2.75, 3.05) is 33.4 Å². The minimum Gasteiger partial charge on any atom is -0.385 e. The normalized spacial score (nSPS) is 16.1. The average molecular weight is 334 g/mol. The highest BCUT2D eigenvalue weighted by Crippen LogP contribution is 2.34. The number of hydrogen-bond acceptors (Lipinski definition) is 4. The summed E-state index contributed by atoms with van der Waals surface area (Å²) in [6.45, 7) is 4.38. The van der Waals surface area contributed by atoms with Crippen molar-refractivity contribution < 1.29 is 4.74 Å². The number of ether oxygens (including phenoxy) is 1. The molecule has 1 saturated heterocycles. The summed E-state index contributed by atoms with van der Waals surface area (Å²) in [6.07, 6.45) is 3.51. The van der Waals surface area contributed by atoms with Gasteiger partial charge in [-0.25, -0.2) is 0 Å². The molecule has 0 spiro atoms. The molecule has 1 aliphatic rings. The predicted octanol–water partition coefficient (Wildman–Crippen LogP) is 4.74. The SMILES string of the molecule is COCCCN1CCC(=C(c2ccsc2)c2ccsc2)CC1. The summed E-state index contributed by atoms with van der Waals surface area (Å²) >= 11 is 3.58. The third-order valence-electron chi connectivity index (χ3n) is 4.26. The number of methoxy groups -OCH3 is 1. The monoisotopic (exact) mass is 333 g/mol. The molecule has 0 aliphatic carbocycles. The molecular weight excluding hydrogens is 310 g/mol. The number of thiophene rings is 2. The van der Waals surface area contributed by atoms with Gasteiger partial charge < -0.3 is 9.64 Å². The first-order valence-corrected chi connectivity index (χ1v) is 9.75. The van der Waals surface area contributed by atoms with Gasteiger partial charge in [0.2, 0.25) is 0 Å². The zero-order valence-electron chi connectivity index (χ0n) is 13.1. The molecule has 0 amide bonds. The lowest BCUT2D eigenvalue weighted by atomic mass is 9.91. The van der Waals surface area contributed by atoms with Crippen LogP contribution in [0, 0.1) is 0 Å². The van der Waals surface area contributed by atoms with E-state index in [0.29, 0.717) is 0 Å². The molecule has 118 valence electrons. The lowest BCUT2D eigenvalue weighted by Crippen LogP contribution is -2.32. The Labute approximate surface area is 141 Å². The van der Waals surface area contributed by atoms with Crippen LogP contribution in [0.3, 0.4) is 0 Å². The first-order chi connectivity index (χ1) is 10.9. The maximum absolute atomic E-state index is 5.16. The van der Waals surface area contributed by atoms with Crippen LogP contribution in [0.4, 0.5) is 0 Å². The molecule has 0 saturated carbocycles. The molecule has 0 unspecified atom stereocenters. The van der Waals surface area contributed by atoms with Gasteiger partial charge in [0.1, 0.15) is 0 Å². The van der Waals surface area contributed by atoms with Crippen molar-refractivity contribution in [1.29, 1.82) is 0 Å². The van der Waals surface area contributed by atoms with E-state index in [1.54, 1.807) is 35.4 Å². The first-order valence-electron chi connectivity index (χ1n) is 7.87. The summed E-state index contributed by atoms with van der Waals surface area (Å²) < 4.78 is 5.16. The van der Waals surface area contributed by atoms with Crippen molar-refractivity contribution in [1.82, 2.24) is 4.90 Å². The Morgan fingerprint density at radius 2 is 1.73 bits per heavy atom. The standard InChI is InChI=1S/C18H23NOS2/c1-20-10-2-7-19-8-3-15(4-9-19)18(16-5-11-21-13-16)17-6-12-22-14-17/h5-6,11-14H,2-4,7-10H2,1H3. The number of likely N-dealkylation sites (tertiary alicyclic amines) is 1. The van der Waals surface area contributed by atoms with Crippen molar-refractivity contribution in [2.24, 2.45) is 0 Å². The van der Waals surface area contributed by atoms with E-state index in [4.69, 9.17) is 4.74 Å². The summed E-state index contributed by atoms with van der Waals surface area (Å²) in [5, 5.41) is 8.93. The van der Waals surface area contributed by atoms with Gasteiger partial charge in [-0.15, -0.1) is 0 Å². The van der Waals surface area contributed by atoms with Crippen LogP contribution in [0.2, 0.25) is 0 Å². The molecule has 22 heavy (non-hydrogen) atoms. The molecular formula is C18H23NOS2. The van der Waals surface area contributed by atoms with Gasteiger partial charge in [0.25, 0.3) is 0 Å². The van der Waals surface area contributed by atoms with E-state index in [-0.39, 0.29) is 0 Å². The van der Waals surface area contributed by atoms with Gasteiger partial charge in [-0.2, -0.15) is 22.7 Å². The number of hydrogen-bond donors (Lipinski definition) is 0. The molecule has 4 heteroatoms.